The Labute approximate surface area is 115 Å². The molecule has 0 bridgehead atoms. The molecule has 1 heterocycles. The number of hydrogen-bond acceptors (Lipinski definition) is 5. The van der Waals surface area contributed by atoms with Crippen molar-refractivity contribution in [2.45, 2.75) is 19.8 Å². The summed E-state index contributed by atoms with van der Waals surface area (Å²) in [6.07, 6.45) is 2.03. The van der Waals surface area contributed by atoms with E-state index in [2.05, 4.69) is 22.2 Å². The monoisotopic (exact) mass is 280 g/mol. The van der Waals surface area contributed by atoms with Crippen LogP contribution in [0.3, 0.4) is 0 Å². The molecule has 2 rings (SSSR count). The third kappa shape index (κ3) is 3.08. The number of fused-ring (bicyclic) bond motifs is 1. The van der Waals surface area contributed by atoms with Crippen LogP contribution in [-0.4, -0.2) is 21.4 Å². The Morgan fingerprint density at radius 1 is 1.42 bits per heavy atom. The average molecular weight is 281 g/mol. The van der Waals surface area contributed by atoms with Gasteiger partial charge < -0.3 is 5.32 Å². The normalized spacial score (nSPS) is 10.6. The molecule has 1 N–H and O–H groups in total. The standard InChI is InChI=1S/C12H13ClN4O2/c1-2-3-6-14-11-9-7-8(17(18)19)4-5-10(9)15-12(13)16-11/h4-5,7H,2-3,6H2,1H3,(H,14,15,16). The molecule has 0 saturated carbocycles. The Kier molecular flexibility index (Phi) is 4.11. The predicted octanol–water partition coefficient (Wildman–Crippen LogP) is 3.40. The molecule has 0 spiro atoms. The van der Waals surface area contributed by atoms with Gasteiger partial charge in [0.05, 0.1) is 10.4 Å². The summed E-state index contributed by atoms with van der Waals surface area (Å²) in [4.78, 5) is 18.5. The summed E-state index contributed by atoms with van der Waals surface area (Å²) in [7, 11) is 0. The van der Waals surface area contributed by atoms with Crippen molar-refractivity contribution in [3.8, 4) is 0 Å². The average Bonchev–Trinajstić information content (AvgIpc) is 2.38. The SMILES string of the molecule is CCCCNc1nc(Cl)nc2ccc([N+](=O)[O-])cc12. The highest BCUT2D eigenvalue weighted by Gasteiger charge is 2.12. The Bertz CT molecular complexity index is 618. The highest BCUT2D eigenvalue weighted by Crippen LogP contribution is 2.26. The quantitative estimate of drug-likeness (QED) is 0.393. The van der Waals surface area contributed by atoms with Gasteiger partial charge in [-0.15, -0.1) is 0 Å². The number of nitro benzene ring substituents is 1. The summed E-state index contributed by atoms with van der Waals surface area (Å²) < 4.78 is 0. The number of rotatable bonds is 5. The van der Waals surface area contributed by atoms with Crippen molar-refractivity contribution in [2.24, 2.45) is 0 Å². The molecule has 6 nitrogen and oxygen atoms in total. The smallest absolute Gasteiger partial charge is 0.270 e. The van der Waals surface area contributed by atoms with Gasteiger partial charge >= 0.3 is 0 Å². The zero-order valence-electron chi connectivity index (χ0n) is 10.4. The fourth-order valence-electron chi connectivity index (χ4n) is 1.72. The van der Waals surface area contributed by atoms with Gasteiger partial charge in [-0.05, 0) is 24.1 Å². The highest BCUT2D eigenvalue weighted by molar-refractivity contribution is 6.28. The largest absolute Gasteiger partial charge is 0.369 e. The molecule has 0 unspecified atom stereocenters. The van der Waals surface area contributed by atoms with Crippen LogP contribution in [0.5, 0.6) is 0 Å². The molecular formula is C12H13ClN4O2. The van der Waals surface area contributed by atoms with Crippen molar-refractivity contribution < 1.29 is 4.92 Å². The lowest BCUT2D eigenvalue weighted by molar-refractivity contribution is -0.384. The summed E-state index contributed by atoms with van der Waals surface area (Å²) >= 11 is 5.84. The lowest BCUT2D eigenvalue weighted by Crippen LogP contribution is -2.04. The Hall–Kier alpha value is -1.95. The van der Waals surface area contributed by atoms with Crippen LogP contribution < -0.4 is 5.32 Å². The van der Waals surface area contributed by atoms with Gasteiger partial charge in [0.25, 0.3) is 5.69 Å². The fourth-order valence-corrected chi connectivity index (χ4v) is 1.90. The number of nitrogens with one attached hydrogen (secondary N) is 1. The van der Waals surface area contributed by atoms with Crippen LogP contribution in [0.25, 0.3) is 10.9 Å². The van der Waals surface area contributed by atoms with Gasteiger partial charge in [-0.3, -0.25) is 10.1 Å². The summed E-state index contributed by atoms with van der Waals surface area (Å²) in [6.45, 7) is 2.82. The third-order valence-electron chi connectivity index (χ3n) is 2.69. The summed E-state index contributed by atoms with van der Waals surface area (Å²) in [5.41, 5.74) is 0.599. The first kappa shape index (κ1) is 13.5. The van der Waals surface area contributed by atoms with Crippen molar-refractivity contribution in [2.75, 3.05) is 11.9 Å². The molecule has 19 heavy (non-hydrogen) atoms. The molecule has 0 amide bonds. The van der Waals surface area contributed by atoms with E-state index < -0.39 is 4.92 Å². The second-order valence-electron chi connectivity index (χ2n) is 4.08. The minimum absolute atomic E-state index is 0.0111. The lowest BCUT2D eigenvalue weighted by Gasteiger charge is -2.08. The number of hydrogen-bond donors (Lipinski definition) is 1. The molecule has 7 heteroatoms. The number of anilines is 1. The zero-order valence-corrected chi connectivity index (χ0v) is 11.1. The maximum Gasteiger partial charge on any atom is 0.270 e. The van der Waals surface area contributed by atoms with E-state index in [-0.39, 0.29) is 11.0 Å². The number of halogens is 1. The first-order valence-corrected chi connectivity index (χ1v) is 6.35. The minimum Gasteiger partial charge on any atom is -0.369 e. The topological polar surface area (TPSA) is 81.0 Å². The van der Waals surface area contributed by atoms with Crippen molar-refractivity contribution in [1.29, 1.82) is 0 Å². The maximum atomic E-state index is 10.8. The van der Waals surface area contributed by atoms with Gasteiger partial charge in [-0.1, -0.05) is 13.3 Å². The molecular weight excluding hydrogens is 268 g/mol. The van der Waals surface area contributed by atoms with Gasteiger partial charge in [-0.2, -0.15) is 0 Å². The van der Waals surface area contributed by atoms with Gasteiger partial charge in [0, 0.05) is 24.1 Å². The van der Waals surface area contributed by atoms with Crippen LogP contribution in [0.2, 0.25) is 5.28 Å². The van der Waals surface area contributed by atoms with Crippen LogP contribution in [0, 0.1) is 10.1 Å². The molecule has 100 valence electrons. The number of aromatic nitrogens is 2. The van der Waals surface area contributed by atoms with E-state index in [1.165, 1.54) is 12.1 Å². The van der Waals surface area contributed by atoms with E-state index >= 15 is 0 Å². The van der Waals surface area contributed by atoms with E-state index in [1.807, 2.05) is 0 Å². The van der Waals surface area contributed by atoms with E-state index in [9.17, 15) is 10.1 Å². The van der Waals surface area contributed by atoms with Crippen LogP contribution in [0.15, 0.2) is 18.2 Å². The van der Waals surface area contributed by atoms with E-state index in [1.54, 1.807) is 6.07 Å². The van der Waals surface area contributed by atoms with Crippen molar-refractivity contribution in [3.05, 3.63) is 33.6 Å². The first-order valence-electron chi connectivity index (χ1n) is 5.97. The molecule has 0 atom stereocenters. The van der Waals surface area contributed by atoms with Gasteiger partial charge in [0.15, 0.2) is 0 Å². The van der Waals surface area contributed by atoms with E-state index in [4.69, 9.17) is 11.6 Å². The molecule has 2 aromatic rings. The third-order valence-corrected chi connectivity index (χ3v) is 2.85. The van der Waals surface area contributed by atoms with Crippen molar-refractivity contribution in [3.63, 3.8) is 0 Å². The molecule has 1 aromatic carbocycles. The first-order chi connectivity index (χ1) is 9.11. The Morgan fingerprint density at radius 3 is 2.89 bits per heavy atom. The summed E-state index contributed by atoms with van der Waals surface area (Å²) in [6, 6.07) is 4.44. The van der Waals surface area contributed by atoms with E-state index in [0.29, 0.717) is 16.7 Å². The van der Waals surface area contributed by atoms with Crippen molar-refractivity contribution >= 4 is 34.0 Å². The van der Waals surface area contributed by atoms with Crippen molar-refractivity contribution in [1.82, 2.24) is 9.97 Å². The van der Waals surface area contributed by atoms with Crippen LogP contribution >= 0.6 is 11.6 Å². The molecule has 1 aromatic heterocycles. The predicted molar refractivity (Wildman–Crippen MR) is 74.6 cm³/mol. The Morgan fingerprint density at radius 2 is 2.21 bits per heavy atom. The summed E-state index contributed by atoms with van der Waals surface area (Å²) in [5, 5.41) is 14.7. The number of non-ortho nitro benzene ring substituents is 1. The molecule has 0 aliphatic rings. The van der Waals surface area contributed by atoms with Crippen LogP contribution in [-0.2, 0) is 0 Å². The number of benzene rings is 1. The maximum absolute atomic E-state index is 10.8. The molecule has 0 fully saturated rings. The van der Waals surface area contributed by atoms with Gasteiger partial charge in [0.2, 0.25) is 5.28 Å². The zero-order chi connectivity index (χ0) is 13.8. The highest BCUT2D eigenvalue weighted by atomic mass is 35.5. The molecule has 0 radical (unpaired) electrons. The van der Waals surface area contributed by atoms with Crippen LogP contribution in [0.4, 0.5) is 11.5 Å². The number of nitrogens with zero attached hydrogens (tertiary/aromatic N) is 3. The van der Waals surface area contributed by atoms with E-state index in [0.717, 1.165) is 19.4 Å². The number of unbranched alkanes of at least 4 members (excludes halogenated alkanes) is 1. The van der Waals surface area contributed by atoms with Gasteiger partial charge in [0.1, 0.15) is 5.82 Å². The molecule has 0 aliphatic carbocycles. The van der Waals surface area contributed by atoms with Gasteiger partial charge in [-0.25, -0.2) is 9.97 Å². The second-order valence-corrected chi connectivity index (χ2v) is 4.42. The second kappa shape index (κ2) is 5.79. The molecule has 0 saturated heterocycles. The Balaban J connectivity index is 2.46. The lowest BCUT2D eigenvalue weighted by atomic mass is 10.2. The summed E-state index contributed by atoms with van der Waals surface area (Å²) in [5.74, 6) is 0.534. The number of nitro groups is 1. The molecule has 0 aliphatic heterocycles. The van der Waals surface area contributed by atoms with Crippen LogP contribution in [0.1, 0.15) is 19.8 Å². The minimum atomic E-state index is -0.441. The fraction of sp³-hybridized carbons (Fsp3) is 0.333.